The summed E-state index contributed by atoms with van der Waals surface area (Å²) in [4.78, 5) is 12.0. The molecule has 0 aliphatic rings. The zero-order valence-electron chi connectivity index (χ0n) is 12.8. The highest BCUT2D eigenvalue weighted by Crippen LogP contribution is 2.34. The van der Waals surface area contributed by atoms with Crippen LogP contribution in [0.2, 0.25) is 0 Å². The quantitative estimate of drug-likeness (QED) is 0.890. The molecule has 0 heterocycles. The molecule has 1 unspecified atom stereocenters. The van der Waals surface area contributed by atoms with Gasteiger partial charge < -0.3 is 19.9 Å². The van der Waals surface area contributed by atoms with E-state index in [0.717, 1.165) is 0 Å². The van der Waals surface area contributed by atoms with Gasteiger partial charge in [0.15, 0.2) is 0 Å². The number of para-hydroxylation sites is 1. The first-order valence-corrected chi connectivity index (χ1v) is 6.77. The van der Waals surface area contributed by atoms with Crippen molar-refractivity contribution in [3.63, 3.8) is 0 Å². The van der Waals surface area contributed by atoms with Gasteiger partial charge in [-0.2, -0.15) is 0 Å². The van der Waals surface area contributed by atoms with E-state index in [9.17, 15) is 4.79 Å². The van der Waals surface area contributed by atoms with E-state index >= 15 is 0 Å². The maximum absolute atomic E-state index is 12.0. The molecule has 0 spiro atoms. The molecule has 2 N–H and O–H groups in total. The lowest BCUT2D eigenvalue weighted by Crippen LogP contribution is -2.43. The average molecular weight is 301 g/mol. The number of hydrogen-bond donors (Lipinski definition) is 1. The molecule has 5 heteroatoms. The van der Waals surface area contributed by atoms with Gasteiger partial charge >= 0.3 is 0 Å². The highest BCUT2D eigenvalue weighted by molar-refractivity contribution is 5.85. The second-order valence-electron chi connectivity index (χ2n) is 4.88. The number of primary amides is 1. The fraction of sp³-hybridized carbons (Fsp3) is 0.235. The Bertz CT molecular complexity index is 654. The SMILES string of the molecule is COc1ccc(OC(C)(C(N)=O)c2ccccc2OC)cc1. The van der Waals surface area contributed by atoms with Crippen LogP contribution in [0.3, 0.4) is 0 Å². The van der Waals surface area contributed by atoms with Crippen LogP contribution in [0.5, 0.6) is 17.2 Å². The third-order valence-corrected chi connectivity index (χ3v) is 3.47. The number of ether oxygens (including phenoxy) is 3. The number of nitrogens with two attached hydrogens (primary N) is 1. The number of methoxy groups -OCH3 is 2. The summed E-state index contributed by atoms with van der Waals surface area (Å²) in [5.74, 6) is 1.14. The van der Waals surface area contributed by atoms with Crippen molar-refractivity contribution in [2.75, 3.05) is 14.2 Å². The normalized spacial score (nSPS) is 13.0. The molecule has 0 bridgehead atoms. The van der Waals surface area contributed by atoms with Gasteiger partial charge in [-0.05, 0) is 37.3 Å². The van der Waals surface area contributed by atoms with Gasteiger partial charge in [0.25, 0.3) is 5.91 Å². The van der Waals surface area contributed by atoms with Crippen molar-refractivity contribution in [1.29, 1.82) is 0 Å². The van der Waals surface area contributed by atoms with E-state index in [1.165, 1.54) is 7.11 Å². The minimum atomic E-state index is -1.35. The van der Waals surface area contributed by atoms with Crippen molar-refractivity contribution < 1.29 is 19.0 Å². The van der Waals surface area contributed by atoms with Crippen LogP contribution in [0.15, 0.2) is 48.5 Å². The third-order valence-electron chi connectivity index (χ3n) is 3.47. The van der Waals surface area contributed by atoms with E-state index in [2.05, 4.69) is 0 Å². The zero-order chi connectivity index (χ0) is 16.2. The Morgan fingerprint density at radius 3 is 2.09 bits per heavy atom. The molecule has 116 valence electrons. The Balaban J connectivity index is 2.41. The first kappa shape index (κ1) is 15.7. The minimum absolute atomic E-state index is 0.507. The van der Waals surface area contributed by atoms with Crippen molar-refractivity contribution in [3.8, 4) is 17.2 Å². The van der Waals surface area contributed by atoms with E-state index < -0.39 is 11.5 Å². The first-order chi connectivity index (χ1) is 10.5. The number of carbonyl (C=O) groups excluding carboxylic acids is 1. The highest BCUT2D eigenvalue weighted by Gasteiger charge is 2.38. The standard InChI is InChI=1S/C17H19NO4/c1-17(16(18)19,14-6-4-5-7-15(14)21-3)22-13-10-8-12(20-2)9-11-13/h4-11H,1-3H3,(H2,18,19). The molecule has 5 nitrogen and oxygen atoms in total. The topological polar surface area (TPSA) is 70.8 Å². The molecule has 2 aromatic carbocycles. The molecular weight excluding hydrogens is 282 g/mol. The fourth-order valence-corrected chi connectivity index (χ4v) is 2.16. The molecule has 0 radical (unpaired) electrons. The summed E-state index contributed by atoms with van der Waals surface area (Å²) in [5, 5.41) is 0. The Morgan fingerprint density at radius 1 is 0.955 bits per heavy atom. The van der Waals surface area contributed by atoms with Crippen LogP contribution >= 0.6 is 0 Å². The molecule has 1 amide bonds. The van der Waals surface area contributed by atoms with Crippen LogP contribution in [-0.2, 0) is 10.4 Å². The molecule has 2 aromatic rings. The molecule has 2 rings (SSSR count). The zero-order valence-corrected chi connectivity index (χ0v) is 12.8. The number of carbonyl (C=O) groups is 1. The van der Waals surface area contributed by atoms with Crippen molar-refractivity contribution in [2.24, 2.45) is 5.73 Å². The fourth-order valence-electron chi connectivity index (χ4n) is 2.16. The average Bonchev–Trinajstić information content (AvgIpc) is 2.55. The van der Waals surface area contributed by atoms with Crippen LogP contribution in [0.25, 0.3) is 0 Å². The second kappa shape index (κ2) is 6.39. The maximum Gasteiger partial charge on any atom is 0.266 e. The van der Waals surface area contributed by atoms with Crippen LogP contribution in [0.1, 0.15) is 12.5 Å². The lowest BCUT2D eigenvalue weighted by molar-refractivity contribution is -0.133. The van der Waals surface area contributed by atoms with Crippen LogP contribution < -0.4 is 19.9 Å². The van der Waals surface area contributed by atoms with Gasteiger partial charge in [-0.15, -0.1) is 0 Å². The highest BCUT2D eigenvalue weighted by atomic mass is 16.5. The van der Waals surface area contributed by atoms with Gasteiger partial charge in [-0.3, -0.25) is 4.79 Å². The lowest BCUT2D eigenvalue weighted by atomic mass is 9.94. The molecule has 0 fully saturated rings. The first-order valence-electron chi connectivity index (χ1n) is 6.77. The summed E-state index contributed by atoms with van der Waals surface area (Å²) in [6.45, 7) is 1.62. The molecule has 22 heavy (non-hydrogen) atoms. The molecule has 0 aromatic heterocycles. The van der Waals surface area contributed by atoms with E-state index in [0.29, 0.717) is 22.8 Å². The number of hydrogen-bond acceptors (Lipinski definition) is 4. The summed E-state index contributed by atoms with van der Waals surface area (Å²) in [5.41, 5.74) is 4.81. The van der Waals surface area contributed by atoms with Crippen molar-refractivity contribution in [1.82, 2.24) is 0 Å². The van der Waals surface area contributed by atoms with Gasteiger partial charge in [0.05, 0.1) is 14.2 Å². The predicted octanol–water partition coefficient (Wildman–Crippen LogP) is 2.48. The maximum atomic E-state index is 12.0. The Hall–Kier alpha value is -2.69. The molecule has 0 aliphatic carbocycles. The molecule has 1 atom stereocenters. The molecule has 0 saturated heterocycles. The third kappa shape index (κ3) is 2.98. The van der Waals surface area contributed by atoms with Gasteiger partial charge in [0.1, 0.15) is 17.2 Å². The van der Waals surface area contributed by atoms with E-state index in [1.807, 2.05) is 6.07 Å². The van der Waals surface area contributed by atoms with Crippen molar-refractivity contribution >= 4 is 5.91 Å². The monoisotopic (exact) mass is 301 g/mol. The van der Waals surface area contributed by atoms with Gasteiger partial charge in [-0.1, -0.05) is 18.2 Å². The molecule has 0 saturated carbocycles. The smallest absolute Gasteiger partial charge is 0.266 e. The van der Waals surface area contributed by atoms with E-state index in [4.69, 9.17) is 19.9 Å². The van der Waals surface area contributed by atoms with Gasteiger partial charge in [0, 0.05) is 5.56 Å². The number of benzene rings is 2. The van der Waals surface area contributed by atoms with Crippen LogP contribution in [0, 0.1) is 0 Å². The summed E-state index contributed by atoms with van der Waals surface area (Å²) < 4.78 is 16.3. The summed E-state index contributed by atoms with van der Waals surface area (Å²) in [6.07, 6.45) is 0. The summed E-state index contributed by atoms with van der Waals surface area (Å²) in [7, 11) is 3.12. The van der Waals surface area contributed by atoms with Crippen molar-refractivity contribution in [2.45, 2.75) is 12.5 Å². The van der Waals surface area contributed by atoms with Crippen LogP contribution in [0.4, 0.5) is 0 Å². The lowest BCUT2D eigenvalue weighted by Gasteiger charge is -2.29. The predicted molar refractivity (Wildman–Crippen MR) is 83.2 cm³/mol. The number of amides is 1. The van der Waals surface area contributed by atoms with Gasteiger partial charge in [-0.25, -0.2) is 0 Å². The largest absolute Gasteiger partial charge is 0.497 e. The summed E-state index contributed by atoms with van der Waals surface area (Å²) in [6, 6.07) is 14.1. The minimum Gasteiger partial charge on any atom is -0.497 e. The Labute approximate surface area is 129 Å². The van der Waals surface area contributed by atoms with E-state index in [1.54, 1.807) is 56.5 Å². The second-order valence-corrected chi connectivity index (χ2v) is 4.88. The van der Waals surface area contributed by atoms with E-state index in [-0.39, 0.29) is 0 Å². The summed E-state index contributed by atoms with van der Waals surface area (Å²) >= 11 is 0. The molecule has 0 aliphatic heterocycles. The van der Waals surface area contributed by atoms with Crippen molar-refractivity contribution in [3.05, 3.63) is 54.1 Å². The number of rotatable bonds is 6. The van der Waals surface area contributed by atoms with Gasteiger partial charge in [0.2, 0.25) is 5.60 Å². The Kier molecular flexibility index (Phi) is 4.56. The molecular formula is C17H19NO4. The van der Waals surface area contributed by atoms with Crippen LogP contribution in [-0.4, -0.2) is 20.1 Å². The Morgan fingerprint density at radius 2 is 1.55 bits per heavy atom.